The normalized spacial score (nSPS) is 12.2. The summed E-state index contributed by atoms with van der Waals surface area (Å²) in [5.41, 5.74) is 5.62. The summed E-state index contributed by atoms with van der Waals surface area (Å²) >= 11 is 0. The van der Waals surface area contributed by atoms with Crippen molar-refractivity contribution in [3.05, 3.63) is 65.5 Å². The molecule has 0 aliphatic rings. The van der Waals surface area contributed by atoms with Crippen molar-refractivity contribution in [1.29, 1.82) is 5.26 Å². The molecular weight excluding hydrogens is 258 g/mol. The summed E-state index contributed by atoms with van der Waals surface area (Å²) in [5.74, 6) is -0.162. The Balaban J connectivity index is 1.98. The molecule has 3 nitrogen and oxygen atoms in total. The minimum atomic E-state index is -0.162. The van der Waals surface area contributed by atoms with Crippen molar-refractivity contribution in [3.63, 3.8) is 0 Å². The van der Waals surface area contributed by atoms with Crippen molar-refractivity contribution >= 4 is 11.0 Å². The van der Waals surface area contributed by atoms with Gasteiger partial charge in [0.2, 0.25) is 0 Å². The zero-order chi connectivity index (χ0) is 14.8. The minimum absolute atomic E-state index is 0.162. The third-order valence-electron chi connectivity index (χ3n) is 3.97. The van der Waals surface area contributed by atoms with Crippen LogP contribution in [0.5, 0.6) is 0 Å². The number of hydrogen-bond donors (Lipinski definition) is 0. The van der Waals surface area contributed by atoms with E-state index < -0.39 is 0 Å². The van der Waals surface area contributed by atoms with E-state index in [1.807, 2.05) is 36.7 Å². The average Bonchev–Trinajstić information content (AvgIpc) is 2.88. The Labute approximate surface area is 124 Å². The maximum atomic E-state index is 9.47. The molecule has 1 aromatic heterocycles. The molecule has 0 saturated carbocycles. The highest BCUT2D eigenvalue weighted by molar-refractivity contribution is 5.77. The number of imidazole rings is 1. The summed E-state index contributed by atoms with van der Waals surface area (Å²) in [4.78, 5) is 4.46. The van der Waals surface area contributed by atoms with Gasteiger partial charge in [0.05, 0.1) is 29.3 Å². The number of hydrogen-bond acceptors (Lipinski definition) is 2. The predicted molar refractivity (Wildman–Crippen MR) is 84.0 cm³/mol. The lowest BCUT2D eigenvalue weighted by Crippen LogP contribution is -2.06. The summed E-state index contributed by atoms with van der Waals surface area (Å²) < 4.78 is 2.07. The summed E-state index contributed by atoms with van der Waals surface area (Å²) in [6.45, 7) is 4.82. The second-order valence-electron chi connectivity index (χ2n) is 5.41. The van der Waals surface area contributed by atoms with Crippen molar-refractivity contribution in [2.24, 2.45) is 0 Å². The number of nitriles is 1. The quantitative estimate of drug-likeness (QED) is 0.726. The fourth-order valence-electron chi connectivity index (χ4n) is 2.56. The second-order valence-corrected chi connectivity index (χ2v) is 5.41. The van der Waals surface area contributed by atoms with E-state index in [0.29, 0.717) is 6.54 Å². The van der Waals surface area contributed by atoms with Gasteiger partial charge in [-0.3, -0.25) is 0 Å². The molecule has 1 atom stereocenters. The van der Waals surface area contributed by atoms with Gasteiger partial charge in [0.15, 0.2) is 0 Å². The van der Waals surface area contributed by atoms with Crippen LogP contribution in [-0.2, 0) is 6.54 Å². The van der Waals surface area contributed by atoms with Crippen LogP contribution in [-0.4, -0.2) is 9.55 Å². The predicted octanol–water partition coefficient (Wildman–Crippen LogP) is 3.96. The number of fused-ring (bicyclic) bond motifs is 1. The van der Waals surface area contributed by atoms with Crippen LogP contribution in [0.4, 0.5) is 0 Å². The number of nitrogens with zero attached hydrogens (tertiary/aromatic N) is 3. The van der Waals surface area contributed by atoms with Gasteiger partial charge in [-0.1, -0.05) is 30.3 Å². The van der Waals surface area contributed by atoms with Gasteiger partial charge < -0.3 is 4.57 Å². The smallest absolute Gasteiger partial charge is 0.0958 e. The standard InChI is InChI=1S/C18H17N3/c1-13-8-17-18(9-14(13)2)21(12-20-17)11-16(10-19)15-6-4-3-5-7-15/h3-9,12,16H,11H2,1-2H3. The number of rotatable bonds is 3. The van der Waals surface area contributed by atoms with Crippen LogP contribution in [0.1, 0.15) is 22.6 Å². The van der Waals surface area contributed by atoms with Gasteiger partial charge in [0.1, 0.15) is 0 Å². The van der Waals surface area contributed by atoms with E-state index in [9.17, 15) is 5.26 Å². The molecule has 0 aliphatic carbocycles. The Kier molecular flexibility index (Phi) is 3.45. The largest absolute Gasteiger partial charge is 0.329 e. The van der Waals surface area contributed by atoms with E-state index in [2.05, 4.69) is 41.6 Å². The molecule has 1 heterocycles. The Morgan fingerprint density at radius 3 is 2.57 bits per heavy atom. The van der Waals surface area contributed by atoms with Gasteiger partial charge >= 0.3 is 0 Å². The molecule has 21 heavy (non-hydrogen) atoms. The lowest BCUT2D eigenvalue weighted by atomic mass is 10.0. The van der Waals surface area contributed by atoms with E-state index in [-0.39, 0.29) is 5.92 Å². The minimum Gasteiger partial charge on any atom is -0.329 e. The number of aryl methyl sites for hydroxylation is 2. The Hall–Kier alpha value is -2.60. The zero-order valence-corrected chi connectivity index (χ0v) is 12.2. The first-order chi connectivity index (χ1) is 10.2. The van der Waals surface area contributed by atoms with E-state index in [1.165, 1.54) is 11.1 Å². The summed E-state index contributed by atoms with van der Waals surface area (Å²) in [6, 6.07) is 16.6. The number of benzene rings is 2. The first-order valence-corrected chi connectivity index (χ1v) is 7.05. The molecular formula is C18H17N3. The van der Waals surface area contributed by atoms with Crippen LogP contribution >= 0.6 is 0 Å². The molecule has 0 saturated heterocycles. The van der Waals surface area contributed by atoms with Crippen molar-refractivity contribution in [2.75, 3.05) is 0 Å². The maximum Gasteiger partial charge on any atom is 0.0958 e. The van der Waals surface area contributed by atoms with Gasteiger partial charge in [-0.25, -0.2) is 4.98 Å². The summed E-state index contributed by atoms with van der Waals surface area (Å²) in [7, 11) is 0. The van der Waals surface area contributed by atoms with Crippen LogP contribution in [0, 0.1) is 25.2 Å². The van der Waals surface area contributed by atoms with Crippen LogP contribution in [0.15, 0.2) is 48.8 Å². The molecule has 0 fully saturated rings. The number of aromatic nitrogens is 2. The van der Waals surface area contributed by atoms with Crippen LogP contribution in [0.2, 0.25) is 0 Å². The van der Waals surface area contributed by atoms with Crippen molar-refractivity contribution < 1.29 is 0 Å². The van der Waals surface area contributed by atoms with E-state index in [4.69, 9.17) is 0 Å². The van der Waals surface area contributed by atoms with Gasteiger partial charge in [-0.05, 0) is 42.7 Å². The molecule has 0 bridgehead atoms. The van der Waals surface area contributed by atoms with E-state index >= 15 is 0 Å². The lowest BCUT2D eigenvalue weighted by molar-refractivity contribution is 0.661. The molecule has 3 aromatic rings. The molecule has 104 valence electrons. The Bertz CT molecular complexity index is 810. The third kappa shape index (κ3) is 2.53. The maximum absolute atomic E-state index is 9.47. The van der Waals surface area contributed by atoms with Gasteiger partial charge in [0.25, 0.3) is 0 Å². The molecule has 0 spiro atoms. The average molecular weight is 275 g/mol. The van der Waals surface area contributed by atoms with Crippen molar-refractivity contribution in [3.8, 4) is 6.07 Å². The highest BCUT2D eigenvalue weighted by Crippen LogP contribution is 2.22. The lowest BCUT2D eigenvalue weighted by Gasteiger charge is -2.11. The topological polar surface area (TPSA) is 41.6 Å². The monoisotopic (exact) mass is 275 g/mol. The first kappa shape index (κ1) is 13.4. The first-order valence-electron chi connectivity index (χ1n) is 7.05. The molecule has 0 aliphatic heterocycles. The molecule has 0 radical (unpaired) electrons. The summed E-state index contributed by atoms with van der Waals surface area (Å²) in [6.07, 6.45) is 1.83. The molecule has 0 N–H and O–H groups in total. The summed E-state index contributed by atoms with van der Waals surface area (Å²) in [5, 5.41) is 9.47. The van der Waals surface area contributed by atoms with Gasteiger partial charge in [-0.2, -0.15) is 5.26 Å². The van der Waals surface area contributed by atoms with Crippen LogP contribution < -0.4 is 0 Å². The highest BCUT2D eigenvalue weighted by Gasteiger charge is 2.13. The molecule has 0 amide bonds. The Morgan fingerprint density at radius 2 is 1.86 bits per heavy atom. The van der Waals surface area contributed by atoms with Crippen LogP contribution in [0.3, 0.4) is 0 Å². The fourth-order valence-corrected chi connectivity index (χ4v) is 2.56. The van der Waals surface area contributed by atoms with Gasteiger partial charge in [-0.15, -0.1) is 0 Å². The molecule has 2 aromatic carbocycles. The molecule has 3 rings (SSSR count). The van der Waals surface area contributed by atoms with Crippen molar-refractivity contribution in [1.82, 2.24) is 9.55 Å². The second kappa shape index (κ2) is 5.41. The fraction of sp³-hybridized carbons (Fsp3) is 0.222. The van der Waals surface area contributed by atoms with Crippen LogP contribution in [0.25, 0.3) is 11.0 Å². The molecule has 3 heteroatoms. The SMILES string of the molecule is Cc1cc2ncn(CC(C#N)c3ccccc3)c2cc1C. The van der Waals surface area contributed by atoms with Gasteiger partial charge in [0, 0.05) is 6.54 Å². The van der Waals surface area contributed by atoms with E-state index in [1.54, 1.807) is 0 Å². The zero-order valence-electron chi connectivity index (χ0n) is 12.2. The third-order valence-corrected chi connectivity index (χ3v) is 3.97. The van der Waals surface area contributed by atoms with Crippen molar-refractivity contribution in [2.45, 2.75) is 26.3 Å². The van der Waals surface area contributed by atoms with E-state index in [0.717, 1.165) is 16.6 Å². The molecule has 1 unspecified atom stereocenters. The highest BCUT2D eigenvalue weighted by atomic mass is 15.0. The Morgan fingerprint density at radius 1 is 1.14 bits per heavy atom.